The van der Waals surface area contributed by atoms with Gasteiger partial charge in [0.15, 0.2) is 0 Å². The molecule has 1 saturated heterocycles. The smallest absolute Gasteiger partial charge is 0.228 e. The third-order valence-electron chi connectivity index (χ3n) is 4.59. The lowest BCUT2D eigenvalue weighted by molar-refractivity contribution is -0.129. The molecule has 1 aliphatic heterocycles. The molecule has 2 aromatic rings. The van der Waals surface area contributed by atoms with Crippen molar-refractivity contribution in [2.45, 2.75) is 26.7 Å². The van der Waals surface area contributed by atoms with Crippen LogP contribution in [0.25, 0.3) is 10.6 Å². The molecule has 1 unspecified atom stereocenters. The minimum absolute atomic E-state index is 0. The maximum atomic E-state index is 12.5. The molecule has 2 heterocycles. The predicted molar refractivity (Wildman–Crippen MR) is 109 cm³/mol. The molecule has 1 fully saturated rings. The number of amides is 1. The first kappa shape index (κ1) is 21.9. The molecule has 1 aromatic carbocycles. The molecular formula is C18H25Cl2N3OS. The van der Waals surface area contributed by atoms with Gasteiger partial charge in [-0.15, -0.1) is 36.2 Å². The second-order valence-corrected chi connectivity index (χ2v) is 7.62. The van der Waals surface area contributed by atoms with E-state index < -0.39 is 0 Å². The van der Waals surface area contributed by atoms with Gasteiger partial charge in [0.25, 0.3) is 0 Å². The van der Waals surface area contributed by atoms with E-state index in [1.54, 1.807) is 11.3 Å². The van der Waals surface area contributed by atoms with E-state index in [0.29, 0.717) is 13.0 Å². The van der Waals surface area contributed by atoms with Crippen molar-refractivity contribution >= 4 is 42.1 Å². The number of benzene rings is 1. The lowest BCUT2D eigenvalue weighted by atomic mass is 9.90. The zero-order valence-corrected chi connectivity index (χ0v) is 17.0. The number of likely N-dealkylation sites (tertiary alicyclic amines) is 1. The van der Waals surface area contributed by atoms with Gasteiger partial charge in [-0.1, -0.05) is 36.8 Å². The maximum absolute atomic E-state index is 12.5. The van der Waals surface area contributed by atoms with Gasteiger partial charge in [-0.2, -0.15) is 0 Å². The van der Waals surface area contributed by atoms with Crippen molar-refractivity contribution in [2.24, 2.45) is 11.1 Å². The Balaban J connectivity index is 0.00000156. The summed E-state index contributed by atoms with van der Waals surface area (Å²) in [5, 5.41) is 2.96. The standard InChI is InChI=1S/C18H23N3OS.2ClH/c1-13-3-5-14(6-4-13)17-20-15(10-23-17)9-16(22)21-8-7-18(2,11-19)12-21;;/h3-6,10H,7-9,11-12,19H2,1-2H3;2*1H. The van der Waals surface area contributed by atoms with Crippen LogP contribution in [0, 0.1) is 12.3 Å². The van der Waals surface area contributed by atoms with Gasteiger partial charge in [-0.05, 0) is 25.3 Å². The van der Waals surface area contributed by atoms with Crippen molar-refractivity contribution < 1.29 is 4.79 Å². The molecule has 4 nitrogen and oxygen atoms in total. The van der Waals surface area contributed by atoms with Crippen LogP contribution in [0.4, 0.5) is 0 Å². The molecule has 138 valence electrons. The Morgan fingerprint density at radius 2 is 2.00 bits per heavy atom. The van der Waals surface area contributed by atoms with E-state index >= 15 is 0 Å². The van der Waals surface area contributed by atoms with Gasteiger partial charge in [-0.25, -0.2) is 4.98 Å². The van der Waals surface area contributed by atoms with E-state index in [-0.39, 0.29) is 36.1 Å². The number of nitrogens with two attached hydrogens (primary N) is 1. The quantitative estimate of drug-likeness (QED) is 0.849. The first-order valence-electron chi connectivity index (χ1n) is 7.98. The number of thiazole rings is 1. The SMILES string of the molecule is Cc1ccc(-c2nc(CC(=O)N3CCC(C)(CN)C3)cs2)cc1.Cl.Cl. The van der Waals surface area contributed by atoms with Crippen molar-refractivity contribution in [3.8, 4) is 10.6 Å². The van der Waals surface area contributed by atoms with Gasteiger partial charge < -0.3 is 10.6 Å². The lowest BCUT2D eigenvalue weighted by Crippen LogP contribution is -2.35. The lowest BCUT2D eigenvalue weighted by Gasteiger charge is -2.22. The van der Waals surface area contributed by atoms with Gasteiger partial charge in [0, 0.05) is 24.0 Å². The monoisotopic (exact) mass is 401 g/mol. The molecule has 0 saturated carbocycles. The van der Waals surface area contributed by atoms with Crippen molar-refractivity contribution in [1.82, 2.24) is 9.88 Å². The summed E-state index contributed by atoms with van der Waals surface area (Å²) < 4.78 is 0. The first-order chi connectivity index (χ1) is 11.0. The Labute approximate surface area is 165 Å². The number of carbonyl (C=O) groups is 1. The third-order valence-corrected chi connectivity index (χ3v) is 5.53. The molecular weight excluding hydrogens is 377 g/mol. The highest BCUT2D eigenvalue weighted by Gasteiger charge is 2.34. The van der Waals surface area contributed by atoms with Crippen LogP contribution in [0.2, 0.25) is 0 Å². The summed E-state index contributed by atoms with van der Waals surface area (Å²) in [6.07, 6.45) is 1.37. The molecule has 0 spiro atoms. The fraction of sp³-hybridized carbons (Fsp3) is 0.444. The van der Waals surface area contributed by atoms with E-state index in [4.69, 9.17) is 5.73 Å². The van der Waals surface area contributed by atoms with Gasteiger partial charge in [0.2, 0.25) is 5.91 Å². The van der Waals surface area contributed by atoms with Crippen molar-refractivity contribution in [2.75, 3.05) is 19.6 Å². The van der Waals surface area contributed by atoms with Gasteiger partial charge in [0.1, 0.15) is 5.01 Å². The Morgan fingerprint density at radius 1 is 1.32 bits per heavy atom. The van der Waals surface area contributed by atoms with Crippen LogP contribution in [0.1, 0.15) is 24.6 Å². The van der Waals surface area contributed by atoms with E-state index in [1.165, 1.54) is 5.56 Å². The molecule has 3 rings (SSSR count). The van der Waals surface area contributed by atoms with Crippen LogP contribution >= 0.6 is 36.2 Å². The summed E-state index contributed by atoms with van der Waals surface area (Å²) >= 11 is 1.60. The number of nitrogens with zero attached hydrogens (tertiary/aromatic N) is 2. The summed E-state index contributed by atoms with van der Waals surface area (Å²) in [5.74, 6) is 0.155. The van der Waals surface area contributed by atoms with Gasteiger partial charge >= 0.3 is 0 Å². The number of aromatic nitrogens is 1. The molecule has 1 aliphatic rings. The Morgan fingerprint density at radius 3 is 2.60 bits per heavy atom. The topological polar surface area (TPSA) is 59.2 Å². The number of hydrogen-bond acceptors (Lipinski definition) is 4. The Bertz CT molecular complexity index is 705. The molecule has 2 N–H and O–H groups in total. The average molecular weight is 402 g/mol. The summed E-state index contributed by atoms with van der Waals surface area (Å²) in [5.41, 5.74) is 9.09. The molecule has 0 aliphatic carbocycles. The van der Waals surface area contributed by atoms with E-state index in [1.807, 2.05) is 10.3 Å². The number of rotatable bonds is 4. The minimum atomic E-state index is 0. The highest BCUT2D eigenvalue weighted by molar-refractivity contribution is 7.13. The van der Waals surface area contributed by atoms with Gasteiger partial charge in [-0.3, -0.25) is 4.79 Å². The minimum Gasteiger partial charge on any atom is -0.342 e. The zero-order valence-electron chi connectivity index (χ0n) is 14.5. The van der Waals surface area contributed by atoms with Crippen LogP contribution in [0.5, 0.6) is 0 Å². The van der Waals surface area contributed by atoms with Crippen molar-refractivity contribution in [3.05, 3.63) is 40.9 Å². The summed E-state index contributed by atoms with van der Waals surface area (Å²) in [7, 11) is 0. The summed E-state index contributed by atoms with van der Waals surface area (Å²) in [6.45, 7) is 6.42. The van der Waals surface area contributed by atoms with E-state index in [2.05, 4.69) is 43.1 Å². The van der Waals surface area contributed by atoms with Crippen LogP contribution in [-0.4, -0.2) is 35.4 Å². The summed E-state index contributed by atoms with van der Waals surface area (Å²) in [6, 6.07) is 8.32. The number of halogens is 2. The molecule has 0 bridgehead atoms. The average Bonchev–Trinajstić information content (AvgIpc) is 3.16. The Hall–Kier alpha value is -1.14. The molecule has 7 heteroatoms. The Kier molecular flexibility index (Phi) is 7.88. The largest absolute Gasteiger partial charge is 0.342 e. The molecule has 1 amide bonds. The van der Waals surface area contributed by atoms with E-state index in [0.717, 1.165) is 35.8 Å². The number of carbonyl (C=O) groups excluding carboxylic acids is 1. The van der Waals surface area contributed by atoms with Crippen LogP contribution in [0.3, 0.4) is 0 Å². The van der Waals surface area contributed by atoms with Crippen molar-refractivity contribution in [1.29, 1.82) is 0 Å². The molecule has 1 atom stereocenters. The highest BCUT2D eigenvalue weighted by Crippen LogP contribution is 2.29. The molecule has 0 radical (unpaired) electrons. The predicted octanol–water partition coefficient (Wildman–Crippen LogP) is 3.70. The number of aryl methyl sites for hydroxylation is 1. The molecule has 1 aromatic heterocycles. The zero-order chi connectivity index (χ0) is 16.4. The molecule has 25 heavy (non-hydrogen) atoms. The first-order valence-corrected chi connectivity index (χ1v) is 8.86. The van der Waals surface area contributed by atoms with Crippen LogP contribution in [-0.2, 0) is 11.2 Å². The second-order valence-electron chi connectivity index (χ2n) is 6.77. The van der Waals surface area contributed by atoms with Crippen LogP contribution in [0.15, 0.2) is 29.6 Å². The number of hydrogen-bond donors (Lipinski definition) is 1. The maximum Gasteiger partial charge on any atom is 0.228 e. The third kappa shape index (κ3) is 5.17. The normalized spacial score (nSPS) is 19.2. The fourth-order valence-corrected chi connectivity index (χ4v) is 3.71. The van der Waals surface area contributed by atoms with Crippen LogP contribution < -0.4 is 5.73 Å². The van der Waals surface area contributed by atoms with Crippen molar-refractivity contribution in [3.63, 3.8) is 0 Å². The summed E-state index contributed by atoms with van der Waals surface area (Å²) in [4.78, 5) is 19.0. The fourth-order valence-electron chi connectivity index (χ4n) is 2.89. The van der Waals surface area contributed by atoms with Gasteiger partial charge in [0.05, 0.1) is 12.1 Å². The second kappa shape index (κ2) is 8.99. The van der Waals surface area contributed by atoms with E-state index in [9.17, 15) is 4.79 Å². The highest BCUT2D eigenvalue weighted by atomic mass is 35.5.